The first-order valence-electron chi connectivity index (χ1n) is 6.74. The maximum atomic E-state index is 11.7. The quantitative estimate of drug-likeness (QED) is 0.850. The van der Waals surface area contributed by atoms with Crippen LogP contribution in [0.4, 0.5) is 10.5 Å². The Morgan fingerprint density at radius 1 is 1.25 bits per heavy atom. The smallest absolute Gasteiger partial charge is 0.290 e. The van der Waals surface area contributed by atoms with Gasteiger partial charge in [0.15, 0.2) is 0 Å². The van der Waals surface area contributed by atoms with Crippen LogP contribution in [0.1, 0.15) is 24.0 Å². The molecular formula is C15H16N2O2S. The molecule has 1 N–H and O–H groups in total. The van der Waals surface area contributed by atoms with Gasteiger partial charge in [0.05, 0.1) is 4.91 Å². The number of nitrogens with one attached hydrogen (secondary N) is 1. The standard InChI is InChI=1S/C15H16N2O2S/c1-10-5-4-6-11(13(10)17-7-2-3-8-17)9-12-14(18)16-15(19)20-12/h4-6,9H,2-3,7-8H2,1H3,(H,16,18,19)/b12-9-. The fraction of sp³-hybridized carbons (Fsp3) is 0.333. The van der Waals surface area contributed by atoms with Crippen molar-refractivity contribution in [2.45, 2.75) is 19.8 Å². The second-order valence-electron chi connectivity index (χ2n) is 5.06. The van der Waals surface area contributed by atoms with Crippen molar-refractivity contribution in [2.24, 2.45) is 0 Å². The van der Waals surface area contributed by atoms with Gasteiger partial charge in [0, 0.05) is 18.8 Å². The summed E-state index contributed by atoms with van der Waals surface area (Å²) in [5, 5.41) is 2.00. The zero-order valence-electron chi connectivity index (χ0n) is 11.3. The molecule has 0 spiro atoms. The van der Waals surface area contributed by atoms with Gasteiger partial charge >= 0.3 is 0 Å². The summed E-state index contributed by atoms with van der Waals surface area (Å²) in [5.74, 6) is -0.297. The zero-order chi connectivity index (χ0) is 14.1. The van der Waals surface area contributed by atoms with E-state index in [2.05, 4.69) is 23.2 Å². The molecule has 0 aliphatic carbocycles. The predicted octanol–water partition coefficient (Wildman–Crippen LogP) is 2.92. The summed E-state index contributed by atoms with van der Waals surface area (Å²) in [5.41, 5.74) is 3.40. The van der Waals surface area contributed by atoms with E-state index < -0.39 is 0 Å². The number of anilines is 1. The van der Waals surface area contributed by atoms with Gasteiger partial charge in [-0.2, -0.15) is 0 Å². The lowest BCUT2D eigenvalue weighted by Gasteiger charge is -2.22. The van der Waals surface area contributed by atoms with Crippen molar-refractivity contribution < 1.29 is 9.59 Å². The van der Waals surface area contributed by atoms with Crippen molar-refractivity contribution in [3.8, 4) is 0 Å². The fourth-order valence-corrected chi connectivity index (χ4v) is 3.41. The Hall–Kier alpha value is -1.75. The summed E-state index contributed by atoms with van der Waals surface area (Å²) in [6.07, 6.45) is 4.24. The fourth-order valence-electron chi connectivity index (χ4n) is 2.73. The van der Waals surface area contributed by atoms with E-state index in [1.807, 2.05) is 18.2 Å². The molecule has 2 aliphatic rings. The largest absolute Gasteiger partial charge is 0.371 e. The van der Waals surface area contributed by atoms with Crippen molar-refractivity contribution in [2.75, 3.05) is 18.0 Å². The van der Waals surface area contributed by atoms with Crippen LogP contribution >= 0.6 is 11.8 Å². The normalized spacial score (nSPS) is 20.9. The van der Waals surface area contributed by atoms with E-state index in [-0.39, 0.29) is 11.1 Å². The average Bonchev–Trinajstić information content (AvgIpc) is 3.00. The van der Waals surface area contributed by atoms with Gasteiger partial charge in [-0.25, -0.2) is 0 Å². The number of rotatable bonds is 2. The third-order valence-corrected chi connectivity index (χ3v) is 4.43. The number of hydrogen-bond acceptors (Lipinski definition) is 4. The van der Waals surface area contributed by atoms with E-state index in [0.717, 1.165) is 30.4 Å². The number of para-hydroxylation sites is 1. The van der Waals surface area contributed by atoms with Gasteiger partial charge in [-0.1, -0.05) is 18.2 Å². The van der Waals surface area contributed by atoms with Crippen LogP contribution in [0.15, 0.2) is 23.1 Å². The predicted molar refractivity (Wildman–Crippen MR) is 81.7 cm³/mol. The van der Waals surface area contributed by atoms with E-state index in [9.17, 15) is 9.59 Å². The lowest BCUT2D eigenvalue weighted by atomic mass is 10.1. The highest BCUT2D eigenvalue weighted by atomic mass is 32.2. The molecule has 2 aliphatic heterocycles. The molecule has 1 aromatic carbocycles. The first-order chi connectivity index (χ1) is 9.65. The minimum Gasteiger partial charge on any atom is -0.371 e. The number of carbonyl (C=O) groups excluding carboxylic acids is 2. The lowest BCUT2D eigenvalue weighted by Crippen LogP contribution is -2.20. The topological polar surface area (TPSA) is 49.4 Å². The summed E-state index contributed by atoms with van der Waals surface area (Å²) < 4.78 is 0. The SMILES string of the molecule is Cc1cccc(/C=C2\SC(=O)NC2=O)c1N1CCCC1. The van der Waals surface area contributed by atoms with Crippen LogP contribution in [0.2, 0.25) is 0 Å². The molecule has 20 heavy (non-hydrogen) atoms. The summed E-state index contributed by atoms with van der Waals surface area (Å²) in [4.78, 5) is 25.7. The third-order valence-electron chi connectivity index (χ3n) is 3.62. The minimum absolute atomic E-state index is 0.295. The summed E-state index contributed by atoms with van der Waals surface area (Å²) in [6.45, 7) is 4.20. The highest BCUT2D eigenvalue weighted by Crippen LogP contribution is 2.33. The van der Waals surface area contributed by atoms with Gasteiger partial charge in [0.2, 0.25) is 0 Å². The molecule has 0 atom stereocenters. The van der Waals surface area contributed by atoms with Crippen LogP contribution in [-0.2, 0) is 4.79 Å². The van der Waals surface area contributed by atoms with Crippen molar-refractivity contribution in [3.05, 3.63) is 34.2 Å². The minimum atomic E-state index is -0.297. The molecule has 0 aromatic heterocycles. The molecule has 1 aromatic rings. The van der Waals surface area contributed by atoms with Gasteiger partial charge in [0.25, 0.3) is 11.1 Å². The number of nitrogens with zero attached hydrogens (tertiary/aromatic N) is 1. The maximum Gasteiger partial charge on any atom is 0.290 e. The second kappa shape index (κ2) is 5.32. The van der Waals surface area contributed by atoms with E-state index in [1.54, 1.807) is 0 Å². The lowest BCUT2D eigenvalue weighted by molar-refractivity contribution is -0.115. The molecule has 5 heteroatoms. The number of thioether (sulfide) groups is 1. The van der Waals surface area contributed by atoms with Crippen LogP contribution in [0.25, 0.3) is 6.08 Å². The van der Waals surface area contributed by atoms with Crippen LogP contribution in [-0.4, -0.2) is 24.2 Å². The van der Waals surface area contributed by atoms with Gasteiger partial charge in [0.1, 0.15) is 0 Å². The van der Waals surface area contributed by atoms with Crippen molar-refractivity contribution in [3.63, 3.8) is 0 Å². The molecule has 4 nitrogen and oxygen atoms in total. The molecule has 0 saturated carbocycles. The first-order valence-corrected chi connectivity index (χ1v) is 7.56. The molecule has 2 amide bonds. The van der Waals surface area contributed by atoms with Crippen molar-refractivity contribution in [1.82, 2.24) is 5.32 Å². The molecular weight excluding hydrogens is 272 g/mol. The maximum absolute atomic E-state index is 11.7. The summed E-state index contributed by atoms with van der Waals surface area (Å²) in [6, 6.07) is 6.08. The molecule has 0 bridgehead atoms. The Morgan fingerprint density at radius 2 is 2.00 bits per heavy atom. The van der Waals surface area contributed by atoms with E-state index in [1.165, 1.54) is 24.1 Å². The second-order valence-corrected chi connectivity index (χ2v) is 6.07. The molecule has 104 valence electrons. The Labute approximate surface area is 122 Å². The molecule has 2 fully saturated rings. The monoisotopic (exact) mass is 288 g/mol. The van der Waals surface area contributed by atoms with Gasteiger partial charge in [-0.3, -0.25) is 14.9 Å². The van der Waals surface area contributed by atoms with Gasteiger partial charge in [-0.15, -0.1) is 0 Å². The summed E-state index contributed by atoms with van der Waals surface area (Å²) >= 11 is 0.969. The van der Waals surface area contributed by atoms with Crippen LogP contribution < -0.4 is 10.2 Å². The summed E-state index contributed by atoms with van der Waals surface area (Å²) in [7, 11) is 0. The van der Waals surface area contributed by atoms with Crippen molar-refractivity contribution in [1.29, 1.82) is 0 Å². The molecule has 0 radical (unpaired) electrons. The Bertz CT molecular complexity index is 604. The van der Waals surface area contributed by atoms with E-state index in [4.69, 9.17) is 0 Å². The Morgan fingerprint density at radius 3 is 2.65 bits per heavy atom. The highest BCUT2D eigenvalue weighted by Gasteiger charge is 2.26. The molecule has 2 saturated heterocycles. The van der Waals surface area contributed by atoms with Gasteiger partial charge < -0.3 is 4.90 Å². The molecule has 3 rings (SSSR count). The number of aryl methyl sites for hydroxylation is 1. The third kappa shape index (κ3) is 2.45. The number of imide groups is 1. The number of carbonyl (C=O) groups is 2. The molecule has 2 heterocycles. The van der Waals surface area contributed by atoms with Crippen LogP contribution in [0, 0.1) is 6.92 Å². The van der Waals surface area contributed by atoms with Crippen molar-refractivity contribution >= 4 is 34.7 Å². The number of benzene rings is 1. The highest BCUT2D eigenvalue weighted by molar-refractivity contribution is 8.18. The zero-order valence-corrected chi connectivity index (χ0v) is 12.1. The Kier molecular flexibility index (Phi) is 3.53. The van der Waals surface area contributed by atoms with Crippen LogP contribution in [0.5, 0.6) is 0 Å². The number of amides is 2. The van der Waals surface area contributed by atoms with E-state index in [0.29, 0.717) is 4.91 Å². The number of hydrogen-bond donors (Lipinski definition) is 1. The van der Waals surface area contributed by atoms with Gasteiger partial charge in [-0.05, 0) is 48.7 Å². The molecule has 0 unspecified atom stereocenters. The van der Waals surface area contributed by atoms with E-state index >= 15 is 0 Å². The Balaban J connectivity index is 2.01. The average molecular weight is 288 g/mol. The van der Waals surface area contributed by atoms with Crippen LogP contribution in [0.3, 0.4) is 0 Å². The first kappa shape index (κ1) is 13.2.